The van der Waals surface area contributed by atoms with Gasteiger partial charge in [-0.15, -0.1) is 11.3 Å². The molecule has 1 saturated heterocycles. The van der Waals surface area contributed by atoms with Crippen molar-refractivity contribution in [2.45, 2.75) is 51.4 Å². The molecule has 2 aliphatic rings. The van der Waals surface area contributed by atoms with Crippen LogP contribution in [0.15, 0.2) is 24.4 Å². The average Bonchev–Trinajstić information content (AvgIpc) is 3.49. The highest BCUT2D eigenvalue weighted by Crippen LogP contribution is 2.35. The van der Waals surface area contributed by atoms with Crippen molar-refractivity contribution < 1.29 is 28.2 Å². The maximum atomic E-state index is 13.6. The largest absolute Gasteiger partial charge is 0.394 e. The molecule has 2 aliphatic heterocycles. The summed E-state index contributed by atoms with van der Waals surface area (Å²) in [6.45, 7) is 4.48. The van der Waals surface area contributed by atoms with Crippen LogP contribution in [0, 0.1) is 18.6 Å². The Hall–Kier alpha value is -3.55. The summed E-state index contributed by atoms with van der Waals surface area (Å²) in [5.41, 5.74) is 1.94. The molecule has 1 fully saturated rings. The maximum absolute atomic E-state index is 13.6. The molecule has 2 amide bonds. The molecule has 10 nitrogen and oxygen atoms in total. The summed E-state index contributed by atoms with van der Waals surface area (Å²) in [4.78, 5) is 41.9. The van der Waals surface area contributed by atoms with E-state index in [2.05, 4.69) is 25.6 Å². The first-order chi connectivity index (χ1) is 18.7. The molecule has 2 aromatic heterocycles. The molecule has 206 valence electrons. The fourth-order valence-corrected chi connectivity index (χ4v) is 5.66. The van der Waals surface area contributed by atoms with E-state index in [0.29, 0.717) is 34.7 Å². The first-order valence-corrected chi connectivity index (χ1v) is 13.4. The van der Waals surface area contributed by atoms with Crippen molar-refractivity contribution in [3.8, 4) is 10.7 Å². The number of benzene rings is 1. The molecule has 0 saturated carbocycles. The number of thiazole rings is 1. The highest BCUT2D eigenvalue weighted by molar-refractivity contribution is 7.15. The van der Waals surface area contributed by atoms with E-state index in [4.69, 9.17) is 4.74 Å². The molecule has 3 N–H and O–H groups in total. The van der Waals surface area contributed by atoms with Gasteiger partial charge in [-0.05, 0) is 49.9 Å². The highest BCUT2D eigenvalue weighted by atomic mass is 32.1. The Morgan fingerprint density at radius 2 is 2.00 bits per heavy atom. The second-order valence-electron chi connectivity index (χ2n) is 9.57. The third-order valence-corrected chi connectivity index (χ3v) is 7.94. The fraction of sp³-hybridized carbons (Fsp3) is 0.423. The average molecular weight is 559 g/mol. The van der Waals surface area contributed by atoms with Crippen LogP contribution in [0.4, 0.5) is 14.7 Å². The van der Waals surface area contributed by atoms with E-state index in [9.17, 15) is 23.5 Å². The van der Waals surface area contributed by atoms with E-state index in [1.165, 1.54) is 22.3 Å². The monoisotopic (exact) mass is 558 g/mol. The Bertz CT molecular complexity index is 1400. The van der Waals surface area contributed by atoms with Crippen molar-refractivity contribution in [1.82, 2.24) is 25.2 Å². The lowest BCUT2D eigenvalue weighted by atomic mass is 10.1. The van der Waals surface area contributed by atoms with E-state index < -0.39 is 42.1 Å². The summed E-state index contributed by atoms with van der Waals surface area (Å²) in [6, 6.07) is 1.51. The standard InChI is InChI=1S/C26H28F2N6O4S/c1-13-10-29-26(30-16-5-7-38-8-6-16)33-21(13)24-32-22-20(39-24)11-34(25(22)37)14(2)23(36)31-19(12-35)15-3-4-17(27)18(28)9-15/h3-4,9-10,14,16,19,35H,5-8,11-12H2,1-2H3,(H,31,36)(H,29,30,33)/t14-,19?/m1/s1. The summed E-state index contributed by atoms with van der Waals surface area (Å²) >= 11 is 1.34. The number of hydrogen-bond acceptors (Lipinski definition) is 9. The van der Waals surface area contributed by atoms with Crippen LogP contribution in [-0.4, -0.2) is 68.7 Å². The van der Waals surface area contributed by atoms with E-state index >= 15 is 0 Å². The summed E-state index contributed by atoms with van der Waals surface area (Å²) < 4.78 is 32.3. The topological polar surface area (TPSA) is 130 Å². The quantitative estimate of drug-likeness (QED) is 0.385. The predicted octanol–water partition coefficient (Wildman–Crippen LogP) is 2.97. The number of amides is 2. The van der Waals surface area contributed by atoms with E-state index in [1.807, 2.05) is 6.92 Å². The van der Waals surface area contributed by atoms with Gasteiger partial charge in [0.1, 0.15) is 22.4 Å². The number of fused-ring (bicyclic) bond motifs is 1. The summed E-state index contributed by atoms with van der Waals surface area (Å²) in [5.74, 6) is -2.55. The molecule has 3 aromatic rings. The van der Waals surface area contributed by atoms with Crippen molar-refractivity contribution in [3.05, 3.63) is 57.7 Å². The SMILES string of the molecule is Cc1cnc(NC2CCOCC2)nc1-c1nc2c(s1)CN([C@H](C)C(=O)NC(CO)c1ccc(F)c(F)c1)C2=O. The number of rotatable bonds is 8. The molecular weight excluding hydrogens is 530 g/mol. The van der Waals surface area contributed by atoms with Crippen molar-refractivity contribution in [1.29, 1.82) is 0 Å². The van der Waals surface area contributed by atoms with Crippen molar-refractivity contribution in [2.24, 2.45) is 0 Å². The maximum Gasteiger partial charge on any atom is 0.274 e. The minimum Gasteiger partial charge on any atom is -0.394 e. The highest BCUT2D eigenvalue weighted by Gasteiger charge is 2.38. The summed E-state index contributed by atoms with van der Waals surface area (Å²) in [7, 11) is 0. The van der Waals surface area contributed by atoms with Gasteiger partial charge < -0.3 is 25.4 Å². The molecule has 0 bridgehead atoms. The Labute approximate surface area is 227 Å². The molecule has 5 rings (SSSR count). The molecule has 1 unspecified atom stereocenters. The van der Waals surface area contributed by atoms with E-state index in [0.717, 1.165) is 30.5 Å². The minimum absolute atomic E-state index is 0.187. The molecular formula is C26H28F2N6O4S. The molecule has 1 aromatic carbocycles. The Kier molecular flexibility index (Phi) is 7.82. The van der Waals surface area contributed by atoms with Crippen LogP contribution >= 0.6 is 11.3 Å². The van der Waals surface area contributed by atoms with Gasteiger partial charge in [0.05, 0.1) is 24.1 Å². The van der Waals surface area contributed by atoms with Crippen LogP contribution in [-0.2, 0) is 16.1 Å². The van der Waals surface area contributed by atoms with Crippen molar-refractivity contribution in [2.75, 3.05) is 25.1 Å². The van der Waals surface area contributed by atoms with Crippen LogP contribution in [0.3, 0.4) is 0 Å². The molecule has 2 atom stereocenters. The van der Waals surface area contributed by atoms with Gasteiger partial charge in [0, 0.05) is 25.5 Å². The smallest absolute Gasteiger partial charge is 0.274 e. The lowest BCUT2D eigenvalue weighted by Gasteiger charge is -2.26. The zero-order valence-corrected chi connectivity index (χ0v) is 22.2. The van der Waals surface area contributed by atoms with Crippen molar-refractivity contribution in [3.63, 3.8) is 0 Å². The normalized spacial score (nSPS) is 17.2. The van der Waals surface area contributed by atoms with Gasteiger partial charge in [-0.2, -0.15) is 0 Å². The number of nitrogens with one attached hydrogen (secondary N) is 2. The molecule has 13 heteroatoms. The minimum atomic E-state index is -1.08. The van der Waals surface area contributed by atoms with Crippen LogP contribution in [0.25, 0.3) is 10.7 Å². The lowest BCUT2D eigenvalue weighted by Crippen LogP contribution is -2.46. The predicted molar refractivity (Wildman–Crippen MR) is 139 cm³/mol. The Balaban J connectivity index is 1.27. The first kappa shape index (κ1) is 27.0. The fourth-order valence-electron chi connectivity index (χ4n) is 4.55. The number of aliphatic hydroxyl groups excluding tert-OH is 1. The number of ether oxygens (including phenoxy) is 1. The third kappa shape index (κ3) is 5.60. The molecule has 4 heterocycles. The number of hydrogen-bond donors (Lipinski definition) is 3. The van der Waals surface area contributed by atoms with Crippen LogP contribution < -0.4 is 10.6 Å². The third-order valence-electron chi connectivity index (χ3n) is 6.90. The Morgan fingerprint density at radius 1 is 1.23 bits per heavy atom. The molecule has 0 spiro atoms. The first-order valence-electron chi connectivity index (χ1n) is 12.6. The number of nitrogens with zero attached hydrogens (tertiary/aromatic N) is 4. The zero-order valence-electron chi connectivity index (χ0n) is 21.4. The van der Waals surface area contributed by atoms with Gasteiger partial charge in [-0.3, -0.25) is 9.59 Å². The number of carbonyl (C=O) groups excluding carboxylic acids is 2. The van der Waals surface area contributed by atoms with Crippen molar-refractivity contribution >= 4 is 29.1 Å². The van der Waals surface area contributed by atoms with Gasteiger partial charge in [0.15, 0.2) is 11.6 Å². The molecule has 0 aliphatic carbocycles. The van der Waals surface area contributed by atoms with Gasteiger partial charge in [-0.1, -0.05) is 6.07 Å². The van der Waals surface area contributed by atoms with Crippen LogP contribution in [0.5, 0.6) is 0 Å². The van der Waals surface area contributed by atoms with Gasteiger partial charge in [-0.25, -0.2) is 23.7 Å². The zero-order chi connectivity index (χ0) is 27.7. The number of aliphatic hydroxyl groups is 1. The number of aryl methyl sites for hydroxylation is 1. The Morgan fingerprint density at radius 3 is 2.69 bits per heavy atom. The summed E-state index contributed by atoms with van der Waals surface area (Å²) in [6.07, 6.45) is 3.46. The van der Waals surface area contributed by atoms with Gasteiger partial charge in [0.2, 0.25) is 11.9 Å². The molecule has 0 radical (unpaired) electrons. The second kappa shape index (κ2) is 11.3. The number of anilines is 1. The van der Waals surface area contributed by atoms with Crippen LogP contribution in [0.1, 0.15) is 52.3 Å². The second-order valence-corrected chi connectivity index (χ2v) is 10.7. The lowest BCUT2D eigenvalue weighted by molar-refractivity contribution is -0.126. The molecule has 39 heavy (non-hydrogen) atoms. The van der Waals surface area contributed by atoms with Gasteiger partial charge in [0.25, 0.3) is 5.91 Å². The van der Waals surface area contributed by atoms with Crippen LogP contribution in [0.2, 0.25) is 0 Å². The number of carbonyl (C=O) groups is 2. The number of aromatic nitrogens is 3. The van der Waals surface area contributed by atoms with E-state index in [1.54, 1.807) is 13.1 Å². The van der Waals surface area contributed by atoms with Gasteiger partial charge >= 0.3 is 0 Å². The van der Waals surface area contributed by atoms with E-state index in [-0.39, 0.29) is 23.8 Å². The summed E-state index contributed by atoms with van der Waals surface area (Å²) in [5, 5.41) is 16.3. The number of halogens is 2.